The number of anilines is 4. The third kappa shape index (κ3) is 7.79. The summed E-state index contributed by atoms with van der Waals surface area (Å²) in [6, 6.07) is 12.9. The summed E-state index contributed by atoms with van der Waals surface area (Å²) >= 11 is 0. The van der Waals surface area contributed by atoms with Gasteiger partial charge in [-0.25, -0.2) is 30.8 Å². The van der Waals surface area contributed by atoms with Crippen LogP contribution in [0, 0.1) is 6.92 Å². The summed E-state index contributed by atoms with van der Waals surface area (Å²) in [4.78, 5) is 32.0. The van der Waals surface area contributed by atoms with Gasteiger partial charge < -0.3 is 10.6 Å². The fourth-order valence-corrected chi connectivity index (χ4v) is 6.54. The molecule has 12 nitrogen and oxygen atoms in total. The summed E-state index contributed by atoms with van der Waals surface area (Å²) in [6.45, 7) is 4.08. The molecule has 0 unspecified atom stereocenters. The number of carbonyl (C=O) groups is 2. The quantitative estimate of drug-likeness (QED) is 0.295. The number of aromatic nitrogens is 2. The van der Waals surface area contributed by atoms with Crippen LogP contribution in [0.2, 0.25) is 0 Å². The maximum absolute atomic E-state index is 12.7. The van der Waals surface area contributed by atoms with E-state index in [1.54, 1.807) is 43.5 Å². The van der Waals surface area contributed by atoms with Gasteiger partial charge in [0.15, 0.2) is 0 Å². The van der Waals surface area contributed by atoms with Crippen LogP contribution in [-0.2, 0) is 36.2 Å². The SMILES string of the molecule is CC(=O)NS(=O)(=O)c1cccc(Nc2ncc(C)c(Nc3cccc(CN(C(C)=O)S(=O)(=O)C4CC4)c3)n2)c1.[NaH]. The van der Waals surface area contributed by atoms with Gasteiger partial charge in [0.2, 0.25) is 27.8 Å². The Kier molecular flexibility index (Phi) is 9.95. The van der Waals surface area contributed by atoms with E-state index in [1.165, 1.54) is 25.1 Å². The molecule has 1 fully saturated rings. The number of hydrogen-bond donors (Lipinski definition) is 3. The van der Waals surface area contributed by atoms with Crippen LogP contribution in [-0.4, -0.2) is 77.7 Å². The molecule has 2 amide bonds. The Morgan fingerprint density at radius 3 is 2.25 bits per heavy atom. The van der Waals surface area contributed by atoms with Crippen molar-refractivity contribution >= 4 is 84.6 Å². The van der Waals surface area contributed by atoms with Gasteiger partial charge in [0.05, 0.1) is 16.7 Å². The molecule has 3 N–H and O–H groups in total. The summed E-state index contributed by atoms with van der Waals surface area (Å²) < 4.78 is 52.8. The van der Waals surface area contributed by atoms with E-state index < -0.39 is 37.1 Å². The monoisotopic (exact) mass is 596 g/mol. The number of benzene rings is 2. The van der Waals surface area contributed by atoms with Crippen LogP contribution in [0.25, 0.3) is 0 Å². The number of nitrogens with one attached hydrogen (secondary N) is 3. The zero-order chi connectivity index (χ0) is 28.4. The zero-order valence-electron chi connectivity index (χ0n) is 21.5. The van der Waals surface area contributed by atoms with Crippen molar-refractivity contribution in [2.45, 2.75) is 50.3 Å². The minimum atomic E-state index is -4.01. The number of rotatable bonds is 10. The molecule has 0 saturated heterocycles. The van der Waals surface area contributed by atoms with Crippen molar-refractivity contribution in [1.82, 2.24) is 19.0 Å². The summed E-state index contributed by atoms with van der Waals surface area (Å²) in [5.41, 5.74) is 2.35. The van der Waals surface area contributed by atoms with E-state index in [0.717, 1.165) is 16.8 Å². The van der Waals surface area contributed by atoms with Crippen molar-refractivity contribution in [3.05, 3.63) is 65.9 Å². The molecule has 40 heavy (non-hydrogen) atoms. The second kappa shape index (κ2) is 12.6. The molecule has 3 aromatic rings. The third-order valence-electron chi connectivity index (χ3n) is 5.77. The molecule has 0 spiro atoms. The molecule has 0 atom stereocenters. The van der Waals surface area contributed by atoms with E-state index in [4.69, 9.17) is 0 Å². The van der Waals surface area contributed by atoms with Gasteiger partial charge in [0.25, 0.3) is 10.0 Å². The standard InChI is InChI=1S/C25H28N6O6S2.Na.H/c1-16-14-26-25(28-21-8-5-9-23(13-21)38(34,35)30-17(2)32)29-24(16)27-20-7-4-6-19(12-20)15-31(18(3)33)39(36,37)22-10-11-22;;/h4-9,12-14,22H,10-11,15H2,1-3H3,(H,30,32)(H2,26,27,28,29);;. The number of carbonyl (C=O) groups excluding carboxylic acids is 2. The predicted molar refractivity (Wildman–Crippen MR) is 153 cm³/mol. The van der Waals surface area contributed by atoms with Crippen molar-refractivity contribution in [3.8, 4) is 0 Å². The summed E-state index contributed by atoms with van der Waals surface area (Å²) in [6.07, 6.45) is 2.71. The second-order valence-electron chi connectivity index (χ2n) is 9.14. The number of hydrogen-bond acceptors (Lipinski definition) is 10. The molecule has 0 radical (unpaired) electrons. The average Bonchev–Trinajstić information content (AvgIpc) is 3.70. The van der Waals surface area contributed by atoms with E-state index in [-0.39, 0.29) is 46.9 Å². The molecular formula is C25H29N6NaO6S2. The molecule has 2 aromatic carbocycles. The van der Waals surface area contributed by atoms with E-state index in [1.807, 2.05) is 4.72 Å². The molecular weight excluding hydrogens is 567 g/mol. The van der Waals surface area contributed by atoms with Crippen LogP contribution < -0.4 is 15.4 Å². The average molecular weight is 597 g/mol. The fraction of sp³-hybridized carbons (Fsp3) is 0.280. The van der Waals surface area contributed by atoms with Crippen LogP contribution in [0.15, 0.2) is 59.6 Å². The van der Waals surface area contributed by atoms with Gasteiger partial charge in [-0.3, -0.25) is 9.59 Å². The Morgan fingerprint density at radius 2 is 1.62 bits per heavy atom. The fourth-order valence-electron chi connectivity index (χ4n) is 3.72. The zero-order valence-corrected chi connectivity index (χ0v) is 23.1. The number of amides is 2. The number of nitrogens with zero attached hydrogens (tertiary/aromatic N) is 3. The van der Waals surface area contributed by atoms with E-state index in [9.17, 15) is 26.4 Å². The second-order valence-corrected chi connectivity index (χ2v) is 13.0. The number of aryl methyl sites for hydroxylation is 1. The summed E-state index contributed by atoms with van der Waals surface area (Å²) in [7, 11) is -7.70. The first-order valence-electron chi connectivity index (χ1n) is 12.0. The van der Waals surface area contributed by atoms with Crippen LogP contribution in [0.1, 0.15) is 37.8 Å². The van der Waals surface area contributed by atoms with Gasteiger partial charge in [-0.05, 0) is 55.7 Å². The Hall–Kier alpha value is -3.04. The van der Waals surface area contributed by atoms with Crippen LogP contribution in [0.3, 0.4) is 0 Å². The number of sulfonamides is 2. The van der Waals surface area contributed by atoms with Crippen molar-refractivity contribution < 1.29 is 26.4 Å². The van der Waals surface area contributed by atoms with E-state index >= 15 is 0 Å². The van der Waals surface area contributed by atoms with Crippen LogP contribution in [0.5, 0.6) is 0 Å². The molecule has 208 valence electrons. The molecule has 1 heterocycles. The minimum absolute atomic E-state index is 0. The third-order valence-corrected chi connectivity index (χ3v) is 9.52. The van der Waals surface area contributed by atoms with Gasteiger partial charge in [-0.2, -0.15) is 4.98 Å². The van der Waals surface area contributed by atoms with Crippen molar-refractivity contribution in [2.24, 2.45) is 0 Å². The van der Waals surface area contributed by atoms with Crippen molar-refractivity contribution in [1.29, 1.82) is 0 Å². The van der Waals surface area contributed by atoms with E-state index in [2.05, 4.69) is 20.6 Å². The predicted octanol–water partition coefficient (Wildman–Crippen LogP) is 2.29. The Bertz CT molecular complexity index is 1640. The molecule has 1 aliphatic rings. The van der Waals surface area contributed by atoms with Crippen molar-refractivity contribution in [3.63, 3.8) is 0 Å². The summed E-state index contributed by atoms with van der Waals surface area (Å²) in [5.74, 6) is -0.586. The summed E-state index contributed by atoms with van der Waals surface area (Å²) in [5, 5.41) is 5.64. The maximum atomic E-state index is 12.7. The van der Waals surface area contributed by atoms with Crippen molar-refractivity contribution in [2.75, 3.05) is 10.6 Å². The van der Waals surface area contributed by atoms with Crippen LogP contribution >= 0.6 is 0 Å². The Morgan fingerprint density at radius 1 is 0.975 bits per heavy atom. The van der Waals surface area contributed by atoms with E-state index in [0.29, 0.717) is 35.6 Å². The van der Waals surface area contributed by atoms with Gasteiger partial charge in [0.1, 0.15) is 5.82 Å². The molecule has 0 aliphatic heterocycles. The van der Waals surface area contributed by atoms with Gasteiger partial charge in [-0.1, -0.05) is 18.2 Å². The first kappa shape index (κ1) is 31.5. The van der Waals surface area contributed by atoms with Gasteiger partial charge >= 0.3 is 29.6 Å². The van der Waals surface area contributed by atoms with Gasteiger partial charge in [0, 0.05) is 37.0 Å². The van der Waals surface area contributed by atoms with Crippen LogP contribution in [0.4, 0.5) is 23.1 Å². The Balaban J connectivity index is 0.00000441. The van der Waals surface area contributed by atoms with Gasteiger partial charge in [-0.15, -0.1) is 0 Å². The molecule has 1 saturated carbocycles. The Labute approximate surface area is 255 Å². The molecule has 0 bridgehead atoms. The first-order valence-corrected chi connectivity index (χ1v) is 15.0. The normalized spacial score (nSPS) is 13.1. The molecule has 1 aromatic heterocycles. The first-order chi connectivity index (χ1) is 18.3. The molecule has 15 heteroatoms. The molecule has 1 aliphatic carbocycles. The molecule has 4 rings (SSSR count). The topological polar surface area (TPSA) is 168 Å².